The predicted octanol–water partition coefficient (Wildman–Crippen LogP) is 3.04. The van der Waals surface area contributed by atoms with E-state index in [1.165, 1.54) is 11.1 Å². The fourth-order valence-electron chi connectivity index (χ4n) is 2.38. The molecule has 0 aliphatic heterocycles. The highest BCUT2D eigenvalue weighted by molar-refractivity contribution is 5.35. The Morgan fingerprint density at radius 3 is 2.73 bits per heavy atom. The van der Waals surface area contributed by atoms with Crippen LogP contribution in [0.3, 0.4) is 0 Å². The number of rotatable bonds is 7. The Bertz CT molecular complexity index is 586. The minimum atomic E-state index is 0.402. The first-order chi connectivity index (χ1) is 10.6. The quantitative estimate of drug-likeness (QED) is 0.787. The average molecular weight is 299 g/mol. The molecule has 118 valence electrons. The van der Waals surface area contributed by atoms with Gasteiger partial charge in [-0.2, -0.15) is 0 Å². The number of hydrogen-bond donors (Lipinski definition) is 0. The summed E-state index contributed by atoms with van der Waals surface area (Å²) in [6.45, 7) is 7.95. The van der Waals surface area contributed by atoms with Gasteiger partial charge in [0.2, 0.25) is 0 Å². The molecule has 0 aliphatic rings. The summed E-state index contributed by atoms with van der Waals surface area (Å²) in [4.78, 5) is 10.7. The summed E-state index contributed by atoms with van der Waals surface area (Å²) in [6.07, 6.45) is 6.17. The highest BCUT2D eigenvalue weighted by Crippen LogP contribution is 2.18. The van der Waals surface area contributed by atoms with E-state index >= 15 is 0 Å². The molecule has 0 bridgehead atoms. The number of nitrogens with zero attached hydrogens (tertiary/aromatic N) is 3. The average Bonchev–Trinajstić information content (AvgIpc) is 2.50. The summed E-state index contributed by atoms with van der Waals surface area (Å²) < 4.78 is 5.89. The van der Waals surface area contributed by atoms with Crippen molar-refractivity contribution in [3.8, 4) is 5.75 Å². The second kappa shape index (κ2) is 7.90. The molecule has 0 N–H and O–H groups in total. The van der Waals surface area contributed by atoms with Gasteiger partial charge in [-0.1, -0.05) is 17.7 Å². The SMILES string of the molecule is Cc1ccc(OCCN(C)C(C)Cc2cnccn2)c(C)c1. The van der Waals surface area contributed by atoms with Gasteiger partial charge in [-0.3, -0.25) is 14.9 Å². The highest BCUT2D eigenvalue weighted by Gasteiger charge is 2.11. The molecule has 0 fully saturated rings. The van der Waals surface area contributed by atoms with E-state index in [9.17, 15) is 0 Å². The Balaban J connectivity index is 1.78. The highest BCUT2D eigenvalue weighted by atomic mass is 16.5. The fraction of sp³-hybridized carbons (Fsp3) is 0.444. The topological polar surface area (TPSA) is 38.2 Å². The summed E-state index contributed by atoms with van der Waals surface area (Å²) in [5.41, 5.74) is 3.48. The molecule has 0 saturated heterocycles. The number of hydrogen-bond acceptors (Lipinski definition) is 4. The van der Waals surface area contributed by atoms with E-state index < -0.39 is 0 Å². The van der Waals surface area contributed by atoms with Gasteiger partial charge in [-0.25, -0.2) is 0 Å². The minimum absolute atomic E-state index is 0.402. The molecule has 22 heavy (non-hydrogen) atoms. The van der Waals surface area contributed by atoms with Crippen LogP contribution >= 0.6 is 0 Å². The van der Waals surface area contributed by atoms with E-state index in [0.717, 1.165) is 24.4 Å². The normalized spacial score (nSPS) is 12.4. The van der Waals surface area contributed by atoms with Gasteiger partial charge >= 0.3 is 0 Å². The Kier molecular flexibility index (Phi) is 5.90. The maximum Gasteiger partial charge on any atom is 0.122 e. The first-order valence-corrected chi connectivity index (χ1v) is 7.71. The van der Waals surface area contributed by atoms with Crippen LogP contribution in [0, 0.1) is 13.8 Å². The first kappa shape index (κ1) is 16.4. The third-order valence-electron chi connectivity index (χ3n) is 3.91. The van der Waals surface area contributed by atoms with Crippen molar-refractivity contribution in [2.45, 2.75) is 33.2 Å². The third kappa shape index (κ3) is 4.81. The summed E-state index contributed by atoms with van der Waals surface area (Å²) >= 11 is 0. The number of aromatic nitrogens is 2. The van der Waals surface area contributed by atoms with Crippen molar-refractivity contribution in [3.63, 3.8) is 0 Å². The van der Waals surface area contributed by atoms with Crippen LogP contribution in [0.25, 0.3) is 0 Å². The lowest BCUT2D eigenvalue weighted by Gasteiger charge is -2.24. The van der Waals surface area contributed by atoms with Gasteiger partial charge in [0.15, 0.2) is 0 Å². The zero-order valence-corrected chi connectivity index (χ0v) is 13.9. The van der Waals surface area contributed by atoms with Crippen LogP contribution in [0.2, 0.25) is 0 Å². The molecule has 1 unspecified atom stereocenters. The second-order valence-electron chi connectivity index (χ2n) is 5.85. The van der Waals surface area contributed by atoms with E-state index in [1.807, 2.05) is 12.3 Å². The molecule has 0 amide bonds. The van der Waals surface area contributed by atoms with Crippen LogP contribution in [0.4, 0.5) is 0 Å². The van der Waals surface area contributed by atoms with Crippen molar-refractivity contribution >= 4 is 0 Å². The molecule has 0 saturated carbocycles. The van der Waals surface area contributed by atoms with Gasteiger partial charge in [0, 0.05) is 37.6 Å². The van der Waals surface area contributed by atoms with E-state index in [-0.39, 0.29) is 0 Å². The lowest BCUT2D eigenvalue weighted by Crippen LogP contribution is -2.34. The van der Waals surface area contributed by atoms with Crippen LogP contribution in [0.1, 0.15) is 23.7 Å². The molecule has 0 spiro atoms. The maximum absolute atomic E-state index is 5.89. The molecule has 1 heterocycles. The summed E-state index contributed by atoms with van der Waals surface area (Å²) in [7, 11) is 2.12. The number of aryl methyl sites for hydroxylation is 2. The standard InChI is InChI=1S/C18H25N3O/c1-14-5-6-18(15(2)11-14)22-10-9-21(4)16(3)12-17-13-19-7-8-20-17/h5-8,11,13,16H,9-10,12H2,1-4H3. The smallest absolute Gasteiger partial charge is 0.122 e. The van der Waals surface area contributed by atoms with E-state index in [0.29, 0.717) is 12.6 Å². The van der Waals surface area contributed by atoms with Gasteiger partial charge in [-0.05, 0) is 39.4 Å². The van der Waals surface area contributed by atoms with E-state index in [2.05, 4.69) is 54.8 Å². The third-order valence-corrected chi connectivity index (χ3v) is 3.91. The predicted molar refractivity (Wildman–Crippen MR) is 89.2 cm³/mol. The molecule has 0 aliphatic carbocycles. The van der Waals surface area contributed by atoms with Gasteiger partial charge in [0.25, 0.3) is 0 Å². The molecular formula is C18H25N3O. The second-order valence-corrected chi connectivity index (χ2v) is 5.85. The fourth-order valence-corrected chi connectivity index (χ4v) is 2.38. The molecule has 2 rings (SSSR count). The number of ether oxygens (including phenoxy) is 1. The van der Waals surface area contributed by atoms with E-state index in [4.69, 9.17) is 4.74 Å². The van der Waals surface area contributed by atoms with Crippen molar-refractivity contribution in [2.75, 3.05) is 20.2 Å². The van der Waals surface area contributed by atoms with Crippen molar-refractivity contribution in [1.82, 2.24) is 14.9 Å². The van der Waals surface area contributed by atoms with Crippen LogP contribution < -0.4 is 4.74 Å². The number of likely N-dealkylation sites (N-methyl/N-ethyl adjacent to an activating group) is 1. The van der Waals surface area contributed by atoms with Crippen LogP contribution in [0.5, 0.6) is 5.75 Å². The summed E-state index contributed by atoms with van der Waals surface area (Å²) in [6, 6.07) is 6.69. The molecule has 1 atom stereocenters. The zero-order valence-electron chi connectivity index (χ0n) is 13.9. The van der Waals surface area contributed by atoms with Crippen molar-refractivity contribution in [1.29, 1.82) is 0 Å². The van der Waals surface area contributed by atoms with Gasteiger partial charge in [0.1, 0.15) is 12.4 Å². The molecule has 1 aromatic heterocycles. The molecule has 1 aromatic carbocycles. The van der Waals surface area contributed by atoms with Crippen LogP contribution in [0.15, 0.2) is 36.8 Å². The zero-order chi connectivity index (χ0) is 15.9. The van der Waals surface area contributed by atoms with Gasteiger partial charge < -0.3 is 4.74 Å². The van der Waals surface area contributed by atoms with Gasteiger partial charge in [0.05, 0.1) is 5.69 Å². The van der Waals surface area contributed by atoms with Crippen LogP contribution in [-0.2, 0) is 6.42 Å². The first-order valence-electron chi connectivity index (χ1n) is 7.71. The Morgan fingerprint density at radius 2 is 2.05 bits per heavy atom. The lowest BCUT2D eigenvalue weighted by atomic mass is 10.1. The van der Waals surface area contributed by atoms with Crippen molar-refractivity contribution in [2.24, 2.45) is 0 Å². The Hall–Kier alpha value is -1.94. The Morgan fingerprint density at radius 1 is 1.23 bits per heavy atom. The molecule has 4 heteroatoms. The van der Waals surface area contributed by atoms with Crippen molar-refractivity contribution in [3.05, 3.63) is 53.6 Å². The maximum atomic E-state index is 5.89. The summed E-state index contributed by atoms with van der Waals surface area (Å²) in [5, 5.41) is 0. The summed E-state index contributed by atoms with van der Waals surface area (Å²) in [5.74, 6) is 0.973. The number of benzene rings is 1. The lowest BCUT2D eigenvalue weighted by molar-refractivity contribution is 0.197. The molecular weight excluding hydrogens is 274 g/mol. The van der Waals surface area contributed by atoms with Crippen molar-refractivity contribution < 1.29 is 4.74 Å². The van der Waals surface area contributed by atoms with Gasteiger partial charge in [-0.15, -0.1) is 0 Å². The van der Waals surface area contributed by atoms with E-state index in [1.54, 1.807) is 12.4 Å². The molecule has 2 aromatic rings. The monoisotopic (exact) mass is 299 g/mol. The van der Waals surface area contributed by atoms with Crippen LogP contribution in [-0.4, -0.2) is 41.1 Å². The molecule has 0 radical (unpaired) electrons. The minimum Gasteiger partial charge on any atom is -0.492 e. The largest absolute Gasteiger partial charge is 0.492 e. The Labute approximate surface area is 133 Å². The molecule has 4 nitrogen and oxygen atoms in total.